The third-order valence-electron chi connectivity index (χ3n) is 5.14. The summed E-state index contributed by atoms with van der Waals surface area (Å²) >= 11 is 0. The second-order valence-corrected chi connectivity index (χ2v) is 6.77. The van der Waals surface area contributed by atoms with Gasteiger partial charge in [0.1, 0.15) is 0 Å². The van der Waals surface area contributed by atoms with Crippen molar-refractivity contribution in [2.24, 2.45) is 0 Å². The molecule has 0 nitrogen and oxygen atoms in total. The van der Waals surface area contributed by atoms with Crippen molar-refractivity contribution < 1.29 is 52.7 Å². The minimum atomic E-state index is -5.66. The topological polar surface area (TPSA) is 0 Å². The van der Waals surface area contributed by atoms with Crippen molar-refractivity contribution in [3.05, 3.63) is 82.9 Å². The fraction of sp³-hybridized carbons (Fsp3) is 0.200. The summed E-state index contributed by atoms with van der Waals surface area (Å²) in [5.74, 6) is -15.5. The van der Waals surface area contributed by atoms with Crippen LogP contribution in [0.2, 0.25) is 0 Å². The Morgan fingerprint density at radius 2 is 0.688 bits per heavy atom. The molecule has 1 aliphatic rings. The molecular formula is C20H8F12. The van der Waals surface area contributed by atoms with Gasteiger partial charge in [0.2, 0.25) is 11.3 Å². The fourth-order valence-corrected chi connectivity index (χ4v) is 3.47. The summed E-state index contributed by atoms with van der Waals surface area (Å²) < 4.78 is 163. The number of hydrogen-bond acceptors (Lipinski definition) is 0. The van der Waals surface area contributed by atoms with Crippen LogP contribution in [0, 0.1) is 0 Å². The van der Waals surface area contributed by atoms with Gasteiger partial charge in [-0.1, -0.05) is 48.5 Å². The van der Waals surface area contributed by atoms with E-state index in [9.17, 15) is 43.9 Å². The molecule has 0 spiro atoms. The van der Waals surface area contributed by atoms with Crippen LogP contribution < -0.4 is 0 Å². The second kappa shape index (κ2) is 7.31. The molecule has 0 amide bonds. The minimum Gasteiger partial charge on any atom is -0.227 e. The maximum absolute atomic E-state index is 15.5. The van der Waals surface area contributed by atoms with E-state index in [0.29, 0.717) is 24.3 Å². The highest BCUT2D eigenvalue weighted by molar-refractivity contribution is 5.62. The number of hydrogen-bond donors (Lipinski definition) is 0. The molecule has 0 unspecified atom stereocenters. The molecule has 2 atom stereocenters. The van der Waals surface area contributed by atoms with Gasteiger partial charge >= 0.3 is 24.0 Å². The molecule has 32 heavy (non-hydrogen) atoms. The van der Waals surface area contributed by atoms with Gasteiger partial charge in [0.25, 0.3) is 0 Å². The molecule has 1 aliphatic carbocycles. The van der Waals surface area contributed by atoms with Crippen LogP contribution in [0.25, 0.3) is 11.7 Å². The van der Waals surface area contributed by atoms with Crippen LogP contribution in [0.1, 0.15) is 22.3 Å². The lowest BCUT2D eigenvalue weighted by Crippen LogP contribution is -2.82. The summed E-state index contributed by atoms with van der Waals surface area (Å²) in [5, 5.41) is 0. The normalized spacial score (nSPS) is 25.6. The van der Waals surface area contributed by atoms with Gasteiger partial charge in [-0.2, -0.15) is 35.1 Å². The molecule has 2 aromatic carbocycles. The molecule has 3 rings (SSSR count). The summed E-state index contributed by atoms with van der Waals surface area (Å²) in [7, 11) is 0. The van der Waals surface area contributed by atoms with Crippen LogP contribution in [0.5, 0.6) is 0 Å². The first-order chi connectivity index (χ1) is 14.6. The average molecular weight is 476 g/mol. The van der Waals surface area contributed by atoms with Crippen LogP contribution in [0.15, 0.2) is 60.7 Å². The molecule has 172 valence electrons. The smallest absolute Gasteiger partial charge is 0.227 e. The Balaban J connectivity index is 2.16. The first-order valence-corrected chi connectivity index (χ1v) is 8.41. The predicted molar refractivity (Wildman–Crippen MR) is 88.8 cm³/mol. The van der Waals surface area contributed by atoms with E-state index in [1.165, 1.54) is 0 Å². The maximum atomic E-state index is 15.5. The van der Waals surface area contributed by atoms with Gasteiger partial charge in [-0.15, -0.1) is 0 Å². The van der Waals surface area contributed by atoms with E-state index < -0.39 is 69.3 Å². The van der Waals surface area contributed by atoms with Gasteiger partial charge in [0.05, 0.1) is 0 Å². The average Bonchev–Trinajstić information content (AvgIpc) is 2.76. The first-order valence-electron chi connectivity index (χ1n) is 8.41. The highest BCUT2D eigenvalue weighted by atomic mass is 19.3. The van der Waals surface area contributed by atoms with Crippen molar-refractivity contribution in [2.75, 3.05) is 0 Å². The Bertz CT molecular complexity index is 1000. The Labute approximate surface area is 171 Å². The van der Waals surface area contributed by atoms with Gasteiger partial charge in [0.15, 0.2) is 11.7 Å². The zero-order valence-corrected chi connectivity index (χ0v) is 15.2. The quantitative estimate of drug-likeness (QED) is 0.392. The molecule has 0 N–H and O–H groups in total. The van der Waals surface area contributed by atoms with Crippen LogP contribution >= 0.6 is 0 Å². The molecule has 0 bridgehead atoms. The van der Waals surface area contributed by atoms with Crippen LogP contribution in [0.4, 0.5) is 52.7 Å². The Morgan fingerprint density at radius 3 is 0.906 bits per heavy atom. The van der Waals surface area contributed by atoms with Crippen LogP contribution in [0.3, 0.4) is 0 Å². The fourth-order valence-electron chi connectivity index (χ4n) is 3.47. The summed E-state index contributed by atoms with van der Waals surface area (Å²) in [4.78, 5) is 0. The standard InChI is InChI=1S/C20H8F12/c21-13(15(23)24)9-1-5-11(6-2-9)17(27)18(28,20(31,32)19(17,29)30)12-7-3-10(4-8-12)14(22)16(25)26/h1-8H/t17-,18+. The largest absolute Gasteiger partial charge is 0.355 e. The molecular weight excluding hydrogens is 468 g/mol. The van der Waals surface area contributed by atoms with Crippen molar-refractivity contribution in [1.82, 2.24) is 0 Å². The highest BCUT2D eigenvalue weighted by Gasteiger charge is 2.98. The van der Waals surface area contributed by atoms with Gasteiger partial charge in [-0.05, 0) is 11.1 Å². The van der Waals surface area contributed by atoms with E-state index in [2.05, 4.69) is 0 Å². The number of rotatable bonds is 4. The van der Waals surface area contributed by atoms with E-state index in [-0.39, 0.29) is 24.3 Å². The molecule has 1 fully saturated rings. The second-order valence-electron chi connectivity index (χ2n) is 6.77. The Hall–Kier alpha value is -2.92. The zero-order chi connectivity index (χ0) is 24.3. The highest BCUT2D eigenvalue weighted by Crippen LogP contribution is 2.76. The summed E-state index contributed by atoms with van der Waals surface area (Å²) in [6.45, 7) is 0. The monoisotopic (exact) mass is 476 g/mol. The third-order valence-corrected chi connectivity index (χ3v) is 5.14. The van der Waals surface area contributed by atoms with E-state index >= 15 is 8.78 Å². The van der Waals surface area contributed by atoms with Gasteiger partial charge in [-0.3, -0.25) is 0 Å². The molecule has 12 heteroatoms. The lowest BCUT2D eigenvalue weighted by Gasteiger charge is -2.58. The first kappa shape index (κ1) is 23.7. The Morgan fingerprint density at radius 1 is 0.438 bits per heavy atom. The van der Waals surface area contributed by atoms with Crippen molar-refractivity contribution >= 4 is 11.7 Å². The zero-order valence-electron chi connectivity index (χ0n) is 15.2. The van der Waals surface area contributed by atoms with E-state index in [4.69, 9.17) is 0 Å². The maximum Gasteiger partial charge on any atom is 0.355 e. The lowest BCUT2D eigenvalue weighted by molar-refractivity contribution is -0.451. The predicted octanol–water partition coefficient (Wildman–Crippen LogP) is 8.07. The Kier molecular flexibility index (Phi) is 5.42. The van der Waals surface area contributed by atoms with Crippen molar-refractivity contribution in [2.45, 2.75) is 23.2 Å². The molecule has 0 radical (unpaired) electrons. The molecule has 0 aliphatic heterocycles. The molecule has 0 heterocycles. The molecule has 0 saturated heterocycles. The van der Waals surface area contributed by atoms with Crippen LogP contribution in [-0.2, 0) is 11.3 Å². The van der Waals surface area contributed by atoms with Crippen molar-refractivity contribution in [1.29, 1.82) is 0 Å². The number of benzene rings is 2. The molecule has 2 aromatic rings. The van der Waals surface area contributed by atoms with Gasteiger partial charge in [0, 0.05) is 11.1 Å². The molecule has 0 aromatic heterocycles. The van der Waals surface area contributed by atoms with Crippen molar-refractivity contribution in [3.8, 4) is 0 Å². The lowest BCUT2D eigenvalue weighted by atomic mass is 9.55. The third kappa shape index (κ3) is 2.80. The van der Waals surface area contributed by atoms with Gasteiger partial charge in [-0.25, -0.2) is 17.6 Å². The van der Waals surface area contributed by atoms with Crippen molar-refractivity contribution in [3.63, 3.8) is 0 Å². The number of halogens is 12. The van der Waals surface area contributed by atoms with E-state index in [1.54, 1.807) is 0 Å². The van der Waals surface area contributed by atoms with Crippen LogP contribution in [-0.4, -0.2) is 11.8 Å². The molecule has 1 saturated carbocycles. The SMILES string of the molecule is FC(F)=C(F)c1ccc([C@@]2(F)C(F)(F)C(F)(F)[C@@]2(F)c2ccc(C(F)=C(F)F)cc2)cc1. The summed E-state index contributed by atoms with van der Waals surface area (Å²) in [5.41, 5.74) is -14.3. The van der Waals surface area contributed by atoms with Gasteiger partial charge < -0.3 is 0 Å². The summed E-state index contributed by atoms with van der Waals surface area (Å²) in [6, 6.07) is 2.32. The summed E-state index contributed by atoms with van der Waals surface area (Å²) in [6.07, 6.45) is -5.61. The number of alkyl halides is 6. The minimum absolute atomic E-state index is 0.227. The van der Waals surface area contributed by atoms with E-state index in [1.807, 2.05) is 0 Å². The van der Waals surface area contributed by atoms with E-state index in [0.717, 1.165) is 0 Å².